The molecule has 0 rings (SSSR count). The molecule has 0 atom stereocenters. The first kappa shape index (κ1) is 27.1. The van der Waals surface area contributed by atoms with E-state index >= 15 is 0 Å². The van der Waals surface area contributed by atoms with E-state index in [2.05, 4.69) is 39.6 Å². The molecule has 0 aliphatic rings. The molecule has 0 saturated heterocycles. The first-order valence-corrected chi connectivity index (χ1v) is 8.50. The van der Waals surface area contributed by atoms with Gasteiger partial charge in [0.05, 0.1) is 0 Å². The van der Waals surface area contributed by atoms with Gasteiger partial charge in [-0.15, -0.1) is 6.58 Å². The molecule has 0 heterocycles. The fourth-order valence-corrected chi connectivity index (χ4v) is 1.10. The zero-order valence-corrected chi connectivity index (χ0v) is 15.1. The summed E-state index contributed by atoms with van der Waals surface area (Å²) in [6.07, 6.45) is 12.5. The van der Waals surface area contributed by atoms with E-state index < -0.39 is 0 Å². The summed E-state index contributed by atoms with van der Waals surface area (Å²) in [6.45, 7) is 17.5. The Morgan fingerprint density at radius 1 is 0.789 bits per heavy atom. The fourth-order valence-electron chi connectivity index (χ4n) is 1.10. The van der Waals surface area contributed by atoms with Crippen LogP contribution in [0.25, 0.3) is 0 Å². The van der Waals surface area contributed by atoms with Gasteiger partial charge in [-0.2, -0.15) is 0 Å². The summed E-state index contributed by atoms with van der Waals surface area (Å²) in [7, 11) is 1.96. The van der Waals surface area contributed by atoms with E-state index in [1.807, 2.05) is 27.0 Å². The van der Waals surface area contributed by atoms with Gasteiger partial charge in [0, 0.05) is 0 Å². The van der Waals surface area contributed by atoms with Gasteiger partial charge in [-0.1, -0.05) is 86.1 Å². The van der Waals surface area contributed by atoms with Gasteiger partial charge in [0.2, 0.25) is 0 Å². The van der Waals surface area contributed by atoms with Crippen molar-refractivity contribution < 1.29 is 0 Å². The highest BCUT2D eigenvalue weighted by Gasteiger charge is 1.75. The van der Waals surface area contributed by atoms with Crippen molar-refractivity contribution in [2.75, 3.05) is 13.6 Å². The van der Waals surface area contributed by atoms with Gasteiger partial charge in [-0.05, 0) is 26.4 Å². The molecule has 0 aliphatic carbocycles. The van der Waals surface area contributed by atoms with Crippen LogP contribution >= 0.6 is 0 Å². The zero-order valence-electron chi connectivity index (χ0n) is 15.1. The van der Waals surface area contributed by atoms with E-state index in [0.717, 1.165) is 6.54 Å². The summed E-state index contributed by atoms with van der Waals surface area (Å²) in [4.78, 5) is 0. The fraction of sp³-hybridized carbons (Fsp3) is 0.889. The molecule has 0 aromatic heterocycles. The Bertz CT molecular complexity index is 93.9. The van der Waals surface area contributed by atoms with E-state index in [9.17, 15) is 0 Å². The van der Waals surface area contributed by atoms with E-state index in [1.165, 1.54) is 51.4 Å². The molecular formula is C18H43N. The normalized spacial score (nSPS) is 7.95. The highest BCUT2D eigenvalue weighted by atomic mass is 14.8. The predicted molar refractivity (Wildman–Crippen MR) is 95.1 cm³/mol. The van der Waals surface area contributed by atoms with Gasteiger partial charge in [-0.25, -0.2) is 0 Å². The molecule has 1 N–H and O–H groups in total. The number of rotatable bonds is 8. The van der Waals surface area contributed by atoms with Crippen LogP contribution in [0.15, 0.2) is 12.7 Å². The molecule has 0 fully saturated rings. The van der Waals surface area contributed by atoms with Crippen LogP contribution in [-0.2, 0) is 0 Å². The molecular weight excluding hydrogens is 230 g/mol. The monoisotopic (exact) mass is 273 g/mol. The molecule has 1 heteroatoms. The number of unbranched alkanes of at least 4 members (excludes halogenated alkanes) is 5. The molecule has 0 aromatic rings. The smallest absolute Gasteiger partial charge is 0.00546 e. The lowest BCUT2D eigenvalue weighted by atomic mass is 10.2. The zero-order chi connectivity index (χ0) is 15.8. The van der Waals surface area contributed by atoms with Gasteiger partial charge in [0.1, 0.15) is 0 Å². The lowest BCUT2D eigenvalue weighted by Crippen LogP contribution is -2.04. The Hall–Kier alpha value is -0.300. The van der Waals surface area contributed by atoms with Crippen LogP contribution in [0.3, 0.4) is 0 Å². The van der Waals surface area contributed by atoms with Crippen LogP contribution < -0.4 is 5.32 Å². The second kappa shape index (κ2) is 43.1. The van der Waals surface area contributed by atoms with Crippen LogP contribution in [0.5, 0.6) is 0 Å². The second-order valence-corrected chi connectivity index (χ2v) is 4.24. The molecule has 0 radical (unpaired) electrons. The third-order valence-electron chi connectivity index (χ3n) is 2.22. The summed E-state index contributed by atoms with van der Waals surface area (Å²) in [5, 5.41) is 3.02. The molecule has 0 amide bonds. The Balaban J connectivity index is -0.0000000835. The molecule has 1 nitrogen and oxygen atoms in total. The Kier molecular flexibility index (Phi) is 61.5. The molecule has 0 saturated carbocycles. The SMILES string of the molecule is C=CCCCC.CC.CCCCCC.CCCNC. The first-order valence-electron chi connectivity index (χ1n) is 8.50. The van der Waals surface area contributed by atoms with Gasteiger partial charge in [0.25, 0.3) is 0 Å². The largest absolute Gasteiger partial charge is 0.320 e. The molecule has 120 valence electrons. The van der Waals surface area contributed by atoms with Crippen molar-refractivity contribution in [3.63, 3.8) is 0 Å². The van der Waals surface area contributed by atoms with Gasteiger partial charge < -0.3 is 5.32 Å². The van der Waals surface area contributed by atoms with E-state index in [0.29, 0.717) is 0 Å². The summed E-state index contributed by atoms with van der Waals surface area (Å²) in [5.74, 6) is 0. The average molecular weight is 274 g/mol. The van der Waals surface area contributed by atoms with Crippen LogP contribution in [0.2, 0.25) is 0 Å². The summed E-state index contributed by atoms with van der Waals surface area (Å²) in [6, 6.07) is 0. The number of allylic oxidation sites excluding steroid dienone is 1. The van der Waals surface area contributed by atoms with E-state index in [1.54, 1.807) is 0 Å². The van der Waals surface area contributed by atoms with Gasteiger partial charge >= 0.3 is 0 Å². The van der Waals surface area contributed by atoms with Crippen LogP contribution in [0.4, 0.5) is 0 Å². The summed E-state index contributed by atoms with van der Waals surface area (Å²) < 4.78 is 0. The summed E-state index contributed by atoms with van der Waals surface area (Å²) in [5.41, 5.74) is 0. The molecule has 0 bridgehead atoms. The highest BCUT2D eigenvalue weighted by molar-refractivity contribution is 4.64. The van der Waals surface area contributed by atoms with Crippen molar-refractivity contribution >= 4 is 0 Å². The lowest BCUT2D eigenvalue weighted by molar-refractivity contribution is 0.702. The molecule has 0 aliphatic heterocycles. The minimum Gasteiger partial charge on any atom is -0.320 e. The quantitative estimate of drug-likeness (QED) is 0.388. The molecule has 19 heavy (non-hydrogen) atoms. The van der Waals surface area contributed by atoms with Crippen molar-refractivity contribution in [3.8, 4) is 0 Å². The molecule has 0 spiro atoms. The maximum Gasteiger partial charge on any atom is -0.00546 e. The third kappa shape index (κ3) is 73.6. The van der Waals surface area contributed by atoms with Gasteiger partial charge in [-0.3, -0.25) is 0 Å². The van der Waals surface area contributed by atoms with E-state index in [-0.39, 0.29) is 0 Å². The Morgan fingerprint density at radius 3 is 1.32 bits per heavy atom. The van der Waals surface area contributed by atoms with Crippen LogP contribution in [-0.4, -0.2) is 13.6 Å². The standard InChI is InChI=1S/C6H14.C6H12.C4H11N.C2H6/c2*1-3-5-6-4-2;1-3-4-5-2;1-2/h3-6H2,1-2H3;3H,1,4-6H2,2H3;5H,3-4H2,1-2H3;1-2H3. The number of hydrogen-bond donors (Lipinski definition) is 1. The Labute approximate surface area is 125 Å². The van der Waals surface area contributed by atoms with Crippen LogP contribution in [0, 0.1) is 0 Å². The van der Waals surface area contributed by atoms with Crippen molar-refractivity contribution in [2.45, 2.75) is 92.9 Å². The number of nitrogens with one attached hydrogen (secondary N) is 1. The minimum atomic E-state index is 1.14. The van der Waals surface area contributed by atoms with Crippen molar-refractivity contribution in [3.05, 3.63) is 12.7 Å². The Morgan fingerprint density at radius 2 is 1.21 bits per heavy atom. The highest BCUT2D eigenvalue weighted by Crippen LogP contribution is 1.95. The van der Waals surface area contributed by atoms with E-state index in [4.69, 9.17) is 0 Å². The lowest BCUT2D eigenvalue weighted by Gasteiger charge is -1.86. The molecule has 0 unspecified atom stereocenters. The minimum absolute atomic E-state index is 1.14. The average Bonchev–Trinajstić information content (AvgIpc) is 2.47. The second-order valence-electron chi connectivity index (χ2n) is 4.24. The van der Waals surface area contributed by atoms with Crippen molar-refractivity contribution in [2.24, 2.45) is 0 Å². The van der Waals surface area contributed by atoms with Crippen molar-refractivity contribution in [1.82, 2.24) is 5.32 Å². The maximum atomic E-state index is 3.60. The van der Waals surface area contributed by atoms with Gasteiger partial charge in [0.15, 0.2) is 0 Å². The molecule has 0 aromatic carbocycles. The number of hydrogen-bond acceptors (Lipinski definition) is 1. The maximum absolute atomic E-state index is 3.60. The first-order chi connectivity index (χ1) is 9.24. The third-order valence-corrected chi connectivity index (χ3v) is 2.22. The van der Waals surface area contributed by atoms with Crippen molar-refractivity contribution in [1.29, 1.82) is 0 Å². The topological polar surface area (TPSA) is 12.0 Å². The van der Waals surface area contributed by atoms with Crippen LogP contribution in [0.1, 0.15) is 92.9 Å². The summed E-state index contributed by atoms with van der Waals surface area (Å²) >= 11 is 0. The predicted octanol–water partition coefficient (Wildman–Crippen LogP) is 6.59.